The van der Waals surface area contributed by atoms with Gasteiger partial charge in [-0.1, -0.05) is 0 Å². The highest BCUT2D eigenvalue weighted by Crippen LogP contribution is 2.21. The van der Waals surface area contributed by atoms with Gasteiger partial charge in [0.05, 0.1) is 0 Å². The number of H-pyrrole nitrogens is 1. The second-order valence-corrected chi connectivity index (χ2v) is 5.19. The molecule has 6 heteroatoms. The lowest BCUT2D eigenvalue weighted by molar-refractivity contribution is 0.0959. The number of likely N-dealkylation sites (tertiary alicyclic amines) is 1. The fraction of sp³-hybridized carbons (Fsp3) is 0.333. The molecule has 0 spiro atoms. The van der Waals surface area contributed by atoms with Crippen LogP contribution >= 0.6 is 0 Å². The van der Waals surface area contributed by atoms with E-state index in [1.807, 2.05) is 23.1 Å². The van der Waals surface area contributed by atoms with Crippen molar-refractivity contribution in [2.75, 3.05) is 25.5 Å². The first-order valence-corrected chi connectivity index (χ1v) is 7.08. The van der Waals surface area contributed by atoms with Crippen molar-refractivity contribution in [3.05, 3.63) is 30.0 Å². The Bertz CT molecular complexity index is 686. The molecule has 0 aliphatic carbocycles. The van der Waals surface area contributed by atoms with E-state index in [0.717, 1.165) is 42.5 Å². The highest BCUT2D eigenvalue weighted by molar-refractivity contribution is 5.99. The van der Waals surface area contributed by atoms with Crippen LogP contribution in [0, 0.1) is 0 Å². The minimum atomic E-state index is -0.158. The summed E-state index contributed by atoms with van der Waals surface area (Å²) in [6, 6.07) is 7.28. The van der Waals surface area contributed by atoms with E-state index in [9.17, 15) is 9.59 Å². The molecule has 110 valence electrons. The zero-order chi connectivity index (χ0) is 14.8. The van der Waals surface area contributed by atoms with Gasteiger partial charge in [0, 0.05) is 36.7 Å². The number of nitrogens with zero attached hydrogens (tertiary/aromatic N) is 1. The van der Waals surface area contributed by atoms with Crippen molar-refractivity contribution in [2.45, 2.75) is 12.8 Å². The number of anilines is 1. The van der Waals surface area contributed by atoms with Crippen LogP contribution in [0.15, 0.2) is 24.3 Å². The quantitative estimate of drug-likeness (QED) is 0.791. The first-order chi connectivity index (χ1) is 10.2. The Kier molecular flexibility index (Phi) is 3.51. The van der Waals surface area contributed by atoms with Gasteiger partial charge in [-0.25, -0.2) is 4.79 Å². The summed E-state index contributed by atoms with van der Waals surface area (Å²) in [5.41, 5.74) is 2.12. The van der Waals surface area contributed by atoms with Gasteiger partial charge in [0.2, 0.25) is 0 Å². The van der Waals surface area contributed by atoms with E-state index >= 15 is 0 Å². The lowest BCUT2D eigenvalue weighted by Gasteiger charge is -2.16. The molecule has 0 bridgehead atoms. The standard InChI is InChI=1S/C15H18N4O2/c1-16-14(20)13-9-10-8-11(4-5-12(10)18-13)17-15(21)19-6-2-3-7-19/h4-5,8-9,18H,2-3,6-7H2,1H3,(H,16,20)(H,17,21). The smallest absolute Gasteiger partial charge is 0.321 e. The molecule has 1 aromatic heterocycles. The third-order valence-corrected chi connectivity index (χ3v) is 3.74. The summed E-state index contributed by atoms with van der Waals surface area (Å²) in [5, 5.41) is 6.38. The molecule has 1 saturated heterocycles. The molecule has 3 amide bonds. The van der Waals surface area contributed by atoms with Crippen LogP contribution in [0.4, 0.5) is 10.5 Å². The summed E-state index contributed by atoms with van der Waals surface area (Å²) in [6.45, 7) is 1.64. The first-order valence-electron chi connectivity index (χ1n) is 7.08. The zero-order valence-electron chi connectivity index (χ0n) is 11.9. The topological polar surface area (TPSA) is 77.2 Å². The fourth-order valence-corrected chi connectivity index (χ4v) is 2.59. The predicted octanol–water partition coefficient (Wildman–Crippen LogP) is 2.16. The third-order valence-electron chi connectivity index (χ3n) is 3.74. The molecule has 2 heterocycles. The maximum atomic E-state index is 12.1. The van der Waals surface area contributed by atoms with E-state index in [4.69, 9.17) is 0 Å². The minimum absolute atomic E-state index is 0.0612. The van der Waals surface area contributed by atoms with E-state index in [-0.39, 0.29) is 11.9 Å². The van der Waals surface area contributed by atoms with Gasteiger partial charge in [0.15, 0.2) is 0 Å². The normalized spacial score (nSPS) is 14.4. The number of carbonyl (C=O) groups is 2. The molecule has 21 heavy (non-hydrogen) atoms. The molecule has 0 unspecified atom stereocenters. The Balaban J connectivity index is 1.80. The maximum absolute atomic E-state index is 12.1. The number of urea groups is 1. The monoisotopic (exact) mass is 286 g/mol. The predicted molar refractivity (Wildman–Crippen MR) is 81.5 cm³/mol. The van der Waals surface area contributed by atoms with Crippen molar-refractivity contribution in [3.8, 4) is 0 Å². The molecule has 2 aromatic rings. The Morgan fingerprint density at radius 3 is 2.67 bits per heavy atom. The SMILES string of the molecule is CNC(=O)c1cc2cc(NC(=O)N3CCCC3)ccc2[nH]1. The van der Waals surface area contributed by atoms with Crippen LogP contribution in [0.3, 0.4) is 0 Å². The van der Waals surface area contributed by atoms with Gasteiger partial charge in [0.25, 0.3) is 5.91 Å². The summed E-state index contributed by atoms with van der Waals surface area (Å²) in [7, 11) is 1.59. The van der Waals surface area contributed by atoms with Gasteiger partial charge in [0.1, 0.15) is 5.69 Å². The lowest BCUT2D eigenvalue weighted by atomic mass is 10.2. The van der Waals surface area contributed by atoms with Crippen LogP contribution in [0.1, 0.15) is 23.3 Å². The van der Waals surface area contributed by atoms with Gasteiger partial charge in [-0.15, -0.1) is 0 Å². The fourth-order valence-electron chi connectivity index (χ4n) is 2.59. The summed E-state index contributed by atoms with van der Waals surface area (Å²) in [5.74, 6) is -0.158. The van der Waals surface area contributed by atoms with Crippen molar-refractivity contribution in [2.24, 2.45) is 0 Å². The average Bonchev–Trinajstić information content (AvgIpc) is 3.15. The van der Waals surface area contributed by atoms with Gasteiger partial charge in [-0.05, 0) is 37.1 Å². The number of aromatic nitrogens is 1. The number of carbonyl (C=O) groups excluding carboxylic acids is 2. The molecule has 0 atom stereocenters. The summed E-state index contributed by atoms with van der Waals surface area (Å²) >= 11 is 0. The number of benzene rings is 1. The number of nitrogens with one attached hydrogen (secondary N) is 3. The molecular weight excluding hydrogens is 268 g/mol. The molecular formula is C15H18N4O2. The second-order valence-electron chi connectivity index (χ2n) is 5.19. The van der Waals surface area contributed by atoms with E-state index < -0.39 is 0 Å². The lowest BCUT2D eigenvalue weighted by Crippen LogP contribution is -2.32. The Morgan fingerprint density at radius 1 is 1.19 bits per heavy atom. The molecule has 1 aliphatic rings. The van der Waals surface area contributed by atoms with Crippen molar-refractivity contribution in [1.29, 1.82) is 0 Å². The Hall–Kier alpha value is -2.50. The van der Waals surface area contributed by atoms with Crippen LogP contribution in [-0.4, -0.2) is 42.0 Å². The first kappa shape index (κ1) is 13.5. The number of rotatable bonds is 2. The van der Waals surface area contributed by atoms with E-state index in [1.165, 1.54) is 0 Å². The largest absolute Gasteiger partial charge is 0.354 e. The molecule has 3 rings (SSSR count). The summed E-state index contributed by atoms with van der Waals surface area (Å²) in [4.78, 5) is 28.5. The number of hydrogen-bond donors (Lipinski definition) is 3. The molecule has 6 nitrogen and oxygen atoms in total. The van der Waals surface area contributed by atoms with Crippen molar-refractivity contribution in [3.63, 3.8) is 0 Å². The second kappa shape index (κ2) is 5.47. The van der Waals surface area contributed by atoms with E-state index in [2.05, 4.69) is 15.6 Å². The van der Waals surface area contributed by atoms with Crippen molar-refractivity contribution >= 4 is 28.5 Å². The van der Waals surface area contributed by atoms with E-state index in [0.29, 0.717) is 5.69 Å². The molecule has 0 saturated carbocycles. The van der Waals surface area contributed by atoms with Crippen LogP contribution in [0.5, 0.6) is 0 Å². The molecule has 1 aromatic carbocycles. The van der Waals surface area contributed by atoms with Gasteiger partial charge in [-0.3, -0.25) is 4.79 Å². The van der Waals surface area contributed by atoms with Crippen LogP contribution in [-0.2, 0) is 0 Å². The molecule has 1 fully saturated rings. The van der Waals surface area contributed by atoms with Gasteiger partial charge in [-0.2, -0.15) is 0 Å². The van der Waals surface area contributed by atoms with Crippen LogP contribution < -0.4 is 10.6 Å². The highest BCUT2D eigenvalue weighted by atomic mass is 16.2. The molecule has 3 N–H and O–H groups in total. The van der Waals surface area contributed by atoms with E-state index in [1.54, 1.807) is 13.1 Å². The highest BCUT2D eigenvalue weighted by Gasteiger charge is 2.18. The third kappa shape index (κ3) is 2.69. The number of amides is 3. The molecule has 1 aliphatic heterocycles. The summed E-state index contributed by atoms with van der Waals surface area (Å²) in [6.07, 6.45) is 2.14. The van der Waals surface area contributed by atoms with Gasteiger partial charge < -0.3 is 20.5 Å². The van der Waals surface area contributed by atoms with Crippen molar-refractivity contribution < 1.29 is 9.59 Å². The number of fused-ring (bicyclic) bond motifs is 1. The minimum Gasteiger partial charge on any atom is -0.354 e. The Morgan fingerprint density at radius 2 is 1.95 bits per heavy atom. The Labute approximate surface area is 122 Å². The number of hydrogen-bond acceptors (Lipinski definition) is 2. The maximum Gasteiger partial charge on any atom is 0.321 e. The van der Waals surface area contributed by atoms with Gasteiger partial charge >= 0.3 is 6.03 Å². The van der Waals surface area contributed by atoms with Crippen LogP contribution in [0.2, 0.25) is 0 Å². The van der Waals surface area contributed by atoms with Crippen LogP contribution in [0.25, 0.3) is 10.9 Å². The molecule has 0 radical (unpaired) electrons. The summed E-state index contributed by atoms with van der Waals surface area (Å²) < 4.78 is 0. The number of aromatic amines is 1. The van der Waals surface area contributed by atoms with Crippen molar-refractivity contribution in [1.82, 2.24) is 15.2 Å². The zero-order valence-corrected chi connectivity index (χ0v) is 11.9. The average molecular weight is 286 g/mol.